The van der Waals surface area contributed by atoms with E-state index in [-0.39, 0.29) is 35.3 Å². The van der Waals surface area contributed by atoms with Gasteiger partial charge in [-0.2, -0.15) is 0 Å². The molecule has 0 saturated carbocycles. The van der Waals surface area contributed by atoms with Gasteiger partial charge in [0.25, 0.3) is 0 Å². The molecular weight excluding hydrogens is 760 g/mol. The Balaban J connectivity index is 0.983. The van der Waals surface area contributed by atoms with Gasteiger partial charge in [0.2, 0.25) is 11.8 Å². The number of esters is 1. The number of ether oxygens (including phenoxy) is 1. The van der Waals surface area contributed by atoms with E-state index in [0.717, 1.165) is 10.0 Å². The van der Waals surface area contributed by atoms with Crippen molar-refractivity contribution in [1.29, 1.82) is 0 Å². The summed E-state index contributed by atoms with van der Waals surface area (Å²) < 4.78 is 47.3. The maximum atomic E-state index is 14.0. The van der Waals surface area contributed by atoms with Crippen LogP contribution in [0.2, 0.25) is 5.02 Å². The summed E-state index contributed by atoms with van der Waals surface area (Å²) in [4.78, 5) is 56.5. The summed E-state index contributed by atoms with van der Waals surface area (Å²) in [5, 5.41) is 6.27. The summed E-state index contributed by atoms with van der Waals surface area (Å²) in [7, 11) is -1.37. The van der Waals surface area contributed by atoms with Gasteiger partial charge in [-0.1, -0.05) is 23.7 Å². The number of piperazine rings is 1. The van der Waals surface area contributed by atoms with Gasteiger partial charge in [0.15, 0.2) is 5.84 Å². The molecule has 3 aliphatic heterocycles. The molecule has 17 heteroatoms. The molecule has 0 spiro atoms. The standard InChI is InChI=1S/C40H43BClF3N8O4/c1-25-21-26(2)53(41(44)45)34(25)23-29-11-10-28(48-29)12-14-35(54)47-16-6-8-36(55)52-19-17-51(18-20-52)24-33-37(40(56)57-3)38(30-13-9-27(43)22-31(30)42)50-39(49-33)32-7-4-5-15-46-32/h4-5,7,9-11,13,15,21-23,38H,6,8,12,14,16-20,24H2,1-3H3,(H,47,54)(H,49,50)/b29-23-. The molecule has 0 radical (unpaired) electrons. The molecule has 1 unspecified atom stereocenters. The van der Waals surface area contributed by atoms with Crippen LogP contribution in [0.5, 0.6) is 0 Å². The zero-order valence-corrected chi connectivity index (χ0v) is 32.7. The Hall–Kier alpha value is -5.48. The zero-order chi connectivity index (χ0) is 40.6. The highest BCUT2D eigenvalue weighted by atomic mass is 35.5. The summed E-state index contributed by atoms with van der Waals surface area (Å²) in [5.41, 5.74) is 4.60. The monoisotopic (exact) mass is 802 g/mol. The van der Waals surface area contributed by atoms with E-state index in [9.17, 15) is 27.4 Å². The maximum Gasteiger partial charge on any atom is 0.677 e. The third-order valence-electron chi connectivity index (χ3n) is 9.97. The van der Waals surface area contributed by atoms with E-state index in [2.05, 4.69) is 25.5 Å². The number of aliphatic imine (C=N–C) groups is 2. The van der Waals surface area contributed by atoms with E-state index in [1.807, 2.05) is 6.07 Å². The fourth-order valence-corrected chi connectivity index (χ4v) is 7.32. The molecular formula is C40H43BClF3N8O4. The van der Waals surface area contributed by atoms with E-state index < -0.39 is 25.2 Å². The minimum absolute atomic E-state index is 0.0158. The van der Waals surface area contributed by atoms with Crippen LogP contribution in [0.1, 0.15) is 59.9 Å². The number of amidine groups is 1. The summed E-state index contributed by atoms with van der Waals surface area (Å²) >= 11 is 6.48. The molecule has 12 nitrogen and oxygen atoms in total. The normalized spacial score (nSPS) is 17.7. The number of nitrogens with one attached hydrogen (secondary N) is 2. The third kappa shape index (κ3) is 10.1. The second kappa shape index (κ2) is 18.6. The van der Waals surface area contributed by atoms with Gasteiger partial charge in [0.05, 0.1) is 18.4 Å². The van der Waals surface area contributed by atoms with Gasteiger partial charge < -0.3 is 24.7 Å². The van der Waals surface area contributed by atoms with Gasteiger partial charge >= 0.3 is 13.4 Å². The topological polar surface area (TPSA) is 134 Å². The number of amides is 2. The average Bonchev–Trinajstić information content (AvgIpc) is 3.77. The van der Waals surface area contributed by atoms with E-state index in [1.165, 1.54) is 25.3 Å². The number of pyridine rings is 1. The molecule has 3 aliphatic rings. The number of hydrogen-bond donors (Lipinski definition) is 2. The molecule has 298 valence electrons. The van der Waals surface area contributed by atoms with Gasteiger partial charge in [-0.15, -0.1) is 0 Å². The molecule has 3 aromatic rings. The Bertz CT molecular complexity index is 2160. The summed E-state index contributed by atoms with van der Waals surface area (Å²) in [6.45, 7) is 6.08. The van der Waals surface area contributed by atoms with Crippen LogP contribution in [0, 0.1) is 19.7 Å². The molecule has 0 aliphatic carbocycles. The SMILES string of the molecule is COC(=O)C1=C(CN2CCN(C(=O)CCCNC(=O)CCC3=N/C(=C\c4c(C)cc(C)n4B(F)F)C=C3)CC2)NC(c2ccccn2)=NC1c1ccc(F)cc1Cl. The molecule has 6 rings (SSSR count). The van der Waals surface area contributed by atoms with Crippen molar-refractivity contribution in [3.05, 3.63) is 117 Å². The van der Waals surface area contributed by atoms with Crippen molar-refractivity contribution in [1.82, 2.24) is 29.9 Å². The van der Waals surface area contributed by atoms with E-state index in [1.54, 1.807) is 61.4 Å². The Morgan fingerprint density at radius 3 is 2.56 bits per heavy atom. The van der Waals surface area contributed by atoms with Crippen LogP contribution in [0.3, 0.4) is 0 Å². The molecule has 2 aromatic heterocycles. The van der Waals surface area contributed by atoms with E-state index >= 15 is 0 Å². The summed E-state index contributed by atoms with van der Waals surface area (Å²) in [5.74, 6) is -0.889. The van der Waals surface area contributed by atoms with Crippen LogP contribution in [-0.4, -0.2) is 102 Å². The number of benzene rings is 1. The Morgan fingerprint density at radius 1 is 1.07 bits per heavy atom. The summed E-state index contributed by atoms with van der Waals surface area (Å²) in [6.07, 6.45) is 8.12. The first-order valence-electron chi connectivity index (χ1n) is 18.6. The third-order valence-corrected chi connectivity index (χ3v) is 10.3. The molecule has 0 bridgehead atoms. The van der Waals surface area contributed by atoms with Gasteiger partial charge in [-0.25, -0.2) is 9.18 Å². The van der Waals surface area contributed by atoms with Crippen molar-refractivity contribution in [3.8, 4) is 0 Å². The van der Waals surface area contributed by atoms with Crippen molar-refractivity contribution in [2.45, 2.75) is 45.6 Å². The molecule has 2 N–H and O–H groups in total. The number of rotatable bonds is 14. The smallest absolute Gasteiger partial charge is 0.466 e. The predicted octanol–water partition coefficient (Wildman–Crippen LogP) is 5.46. The number of aryl methyl sites for hydroxylation is 2. The number of methoxy groups -OCH3 is 1. The second-order valence-electron chi connectivity index (χ2n) is 13.9. The molecule has 2 amide bonds. The number of hydrogen-bond acceptors (Lipinski definition) is 9. The summed E-state index contributed by atoms with van der Waals surface area (Å²) in [6, 6.07) is 10.2. The van der Waals surface area contributed by atoms with Crippen LogP contribution in [0.15, 0.2) is 87.8 Å². The van der Waals surface area contributed by atoms with Crippen LogP contribution in [0.4, 0.5) is 13.0 Å². The quantitative estimate of drug-likeness (QED) is 0.126. The second-order valence-corrected chi connectivity index (χ2v) is 14.3. The minimum Gasteiger partial charge on any atom is -0.466 e. The molecule has 57 heavy (non-hydrogen) atoms. The van der Waals surface area contributed by atoms with Crippen molar-refractivity contribution in [3.63, 3.8) is 0 Å². The minimum atomic E-state index is -2.66. The zero-order valence-electron chi connectivity index (χ0n) is 31.9. The molecule has 1 fully saturated rings. The highest BCUT2D eigenvalue weighted by Crippen LogP contribution is 2.36. The van der Waals surface area contributed by atoms with E-state index in [4.69, 9.17) is 21.3 Å². The van der Waals surface area contributed by atoms with Crippen LogP contribution in [-0.2, 0) is 19.1 Å². The number of carbonyl (C=O) groups is 3. The van der Waals surface area contributed by atoms with Crippen LogP contribution < -0.4 is 10.6 Å². The lowest BCUT2D eigenvalue weighted by atomic mass is 9.94. The van der Waals surface area contributed by atoms with Crippen molar-refractivity contribution in [2.75, 3.05) is 46.4 Å². The fourth-order valence-electron chi connectivity index (χ4n) is 7.05. The number of allylic oxidation sites excluding steroid dienone is 2. The highest BCUT2D eigenvalue weighted by Gasteiger charge is 2.35. The van der Waals surface area contributed by atoms with Crippen molar-refractivity contribution < 1.29 is 32.1 Å². The lowest BCUT2D eigenvalue weighted by Gasteiger charge is -2.36. The number of nitrogens with zero attached hydrogens (tertiary/aromatic N) is 6. The number of halogens is 4. The molecule has 1 saturated heterocycles. The first-order chi connectivity index (χ1) is 27.4. The van der Waals surface area contributed by atoms with Gasteiger partial charge in [0, 0.05) is 91.7 Å². The van der Waals surface area contributed by atoms with Crippen molar-refractivity contribution in [2.24, 2.45) is 9.98 Å². The molecule has 1 atom stereocenters. The molecule has 5 heterocycles. The maximum absolute atomic E-state index is 14.0. The van der Waals surface area contributed by atoms with Gasteiger partial charge in [0.1, 0.15) is 17.6 Å². The van der Waals surface area contributed by atoms with Crippen LogP contribution in [0.25, 0.3) is 6.08 Å². The van der Waals surface area contributed by atoms with Gasteiger partial charge in [-0.3, -0.25) is 38.1 Å². The molecule has 1 aromatic carbocycles. The van der Waals surface area contributed by atoms with Gasteiger partial charge in [-0.05, 0) is 80.8 Å². The van der Waals surface area contributed by atoms with Crippen LogP contribution >= 0.6 is 11.6 Å². The largest absolute Gasteiger partial charge is 0.677 e. The van der Waals surface area contributed by atoms with E-state index in [0.29, 0.717) is 97.7 Å². The lowest BCUT2D eigenvalue weighted by Crippen LogP contribution is -2.50. The van der Waals surface area contributed by atoms with Crippen molar-refractivity contribution >= 4 is 54.4 Å². The Labute approximate surface area is 334 Å². The highest BCUT2D eigenvalue weighted by molar-refractivity contribution is 6.41. The fraction of sp³-hybridized carbons (Fsp3) is 0.350. The average molecular weight is 803 g/mol. The Morgan fingerprint density at radius 2 is 1.86 bits per heavy atom. The Kier molecular flexibility index (Phi) is 13.5. The lowest BCUT2D eigenvalue weighted by molar-refractivity contribution is -0.136. The number of carbonyl (C=O) groups excluding carboxylic acids is 3. The predicted molar refractivity (Wildman–Crippen MR) is 213 cm³/mol. The first-order valence-corrected chi connectivity index (χ1v) is 19.0. The number of aromatic nitrogens is 2. The first kappa shape index (κ1) is 41.2.